The number of amides is 2. The Labute approximate surface area is 206 Å². The Balaban J connectivity index is 1.31. The fraction of sp³-hybridized carbons (Fsp3) is 0.276. The molecular formula is C29H30N2O4. The fourth-order valence-electron chi connectivity index (χ4n) is 4.43. The molecule has 4 rings (SSSR count). The van der Waals surface area contributed by atoms with Crippen LogP contribution in [0.2, 0.25) is 0 Å². The summed E-state index contributed by atoms with van der Waals surface area (Å²) in [6.45, 7) is 0.981. The first-order valence-electron chi connectivity index (χ1n) is 11.9. The van der Waals surface area contributed by atoms with Crippen molar-refractivity contribution < 1.29 is 19.1 Å². The van der Waals surface area contributed by atoms with Crippen LogP contribution in [0.5, 0.6) is 0 Å². The third kappa shape index (κ3) is 6.15. The van der Waals surface area contributed by atoms with Gasteiger partial charge in [0, 0.05) is 25.8 Å². The second kappa shape index (κ2) is 11.5. The average molecular weight is 471 g/mol. The number of carbonyl (C=O) groups excluding carboxylic acids is 3. The van der Waals surface area contributed by atoms with E-state index in [9.17, 15) is 14.4 Å². The van der Waals surface area contributed by atoms with Crippen molar-refractivity contribution in [3.05, 3.63) is 102 Å². The number of anilines is 1. The van der Waals surface area contributed by atoms with Crippen molar-refractivity contribution in [1.29, 1.82) is 0 Å². The lowest BCUT2D eigenvalue weighted by Gasteiger charge is -2.32. The van der Waals surface area contributed by atoms with Crippen molar-refractivity contribution in [3.63, 3.8) is 0 Å². The molecule has 0 N–H and O–H groups in total. The molecule has 0 aliphatic carbocycles. The van der Waals surface area contributed by atoms with E-state index in [2.05, 4.69) is 12.1 Å². The molecule has 6 nitrogen and oxygen atoms in total. The zero-order valence-electron chi connectivity index (χ0n) is 19.9. The molecule has 0 aromatic heterocycles. The Morgan fingerprint density at radius 1 is 0.829 bits per heavy atom. The number of ether oxygens (including phenoxy) is 1. The summed E-state index contributed by atoms with van der Waals surface area (Å²) in [6, 6.07) is 26.1. The first-order chi connectivity index (χ1) is 17.0. The number of carbonyl (C=O) groups is 3. The van der Waals surface area contributed by atoms with Crippen molar-refractivity contribution in [2.24, 2.45) is 5.92 Å². The van der Waals surface area contributed by atoms with Crippen LogP contribution in [0.4, 0.5) is 5.69 Å². The number of rotatable bonds is 7. The molecule has 3 aromatic carbocycles. The van der Waals surface area contributed by atoms with E-state index in [0.29, 0.717) is 24.7 Å². The Hall–Kier alpha value is -3.93. The molecule has 6 heteroatoms. The first kappa shape index (κ1) is 24.2. The topological polar surface area (TPSA) is 66.9 Å². The third-order valence-electron chi connectivity index (χ3n) is 6.49. The van der Waals surface area contributed by atoms with Gasteiger partial charge >= 0.3 is 5.97 Å². The van der Waals surface area contributed by atoms with Gasteiger partial charge in [0.1, 0.15) is 0 Å². The quantitative estimate of drug-likeness (QED) is 0.474. The number of benzene rings is 3. The highest BCUT2D eigenvalue weighted by atomic mass is 16.5. The standard InChI is InChI=1S/C29H30N2O4/c1-30(24-12-6-3-7-13-24)28(33)25-14-8-9-15-26(25)29(34)35-21-27(32)31-18-16-23(17-19-31)20-22-10-4-2-5-11-22/h2-15,23H,16-21H2,1H3. The van der Waals surface area contributed by atoms with Crippen LogP contribution in [0, 0.1) is 5.92 Å². The number of para-hydroxylation sites is 1. The van der Waals surface area contributed by atoms with Gasteiger partial charge in [0.2, 0.25) is 0 Å². The van der Waals surface area contributed by atoms with Gasteiger partial charge in [-0.2, -0.15) is 0 Å². The van der Waals surface area contributed by atoms with Crippen molar-refractivity contribution in [2.45, 2.75) is 19.3 Å². The van der Waals surface area contributed by atoms with Gasteiger partial charge < -0.3 is 14.5 Å². The first-order valence-corrected chi connectivity index (χ1v) is 11.9. The highest BCUT2D eigenvalue weighted by Gasteiger charge is 2.25. The van der Waals surface area contributed by atoms with E-state index in [1.165, 1.54) is 10.5 Å². The van der Waals surface area contributed by atoms with Crippen LogP contribution in [0.15, 0.2) is 84.9 Å². The Bertz CT molecular complexity index is 1160. The van der Waals surface area contributed by atoms with E-state index < -0.39 is 5.97 Å². The second-order valence-corrected chi connectivity index (χ2v) is 8.84. The molecule has 1 aliphatic heterocycles. The Kier molecular flexibility index (Phi) is 7.93. The summed E-state index contributed by atoms with van der Waals surface area (Å²) >= 11 is 0. The second-order valence-electron chi connectivity index (χ2n) is 8.84. The van der Waals surface area contributed by atoms with E-state index in [4.69, 9.17) is 4.74 Å². The van der Waals surface area contributed by atoms with E-state index in [1.807, 2.05) is 48.5 Å². The molecular weight excluding hydrogens is 440 g/mol. The predicted molar refractivity (Wildman–Crippen MR) is 135 cm³/mol. The molecule has 3 aromatic rings. The SMILES string of the molecule is CN(C(=O)c1ccccc1C(=O)OCC(=O)N1CCC(Cc2ccccc2)CC1)c1ccccc1. The molecule has 0 atom stereocenters. The van der Waals surface area contributed by atoms with Crippen molar-refractivity contribution in [2.75, 3.05) is 31.6 Å². The van der Waals surface area contributed by atoms with E-state index in [1.54, 1.807) is 36.2 Å². The normalized spacial score (nSPS) is 13.8. The third-order valence-corrected chi connectivity index (χ3v) is 6.49. The number of hydrogen-bond acceptors (Lipinski definition) is 4. The highest BCUT2D eigenvalue weighted by Crippen LogP contribution is 2.22. The van der Waals surface area contributed by atoms with Crippen molar-refractivity contribution in [1.82, 2.24) is 4.90 Å². The molecule has 1 fully saturated rings. The van der Waals surface area contributed by atoms with E-state index >= 15 is 0 Å². The summed E-state index contributed by atoms with van der Waals surface area (Å²) in [5, 5.41) is 0. The maximum absolute atomic E-state index is 13.1. The molecule has 0 unspecified atom stereocenters. The molecule has 0 spiro atoms. The molecule has 180 valence electrons. The van der Waals surface area contributed by atoms with Gasteiger partial charge in [-0.1, -0.05) is 60.7 Å². The van der Waals surface area contributed by atoms with Crippen LogP contribution in [0.3, 0.4) is 0 Å². The fourth-order valence-corrected chi connectivity index (χ4v) is 4.43. The van der Waals surface area contributed by atoms with Crippen molar-refractivity contribution >= 4 is 23.5 Å². The lowest BCUT2D eigenvalue weighted by atomic mass is 9.90. The molecule has 1 heterocycles. The van der Waals surface area contributed by atoms with Crippen molar-refractivity contribution in [3.8, 4) is 0 Å². The van der Waals surface area contributed by atoms with Crippen LogP contribution in [0.1, 0.15) is 39.1 Å². The van der Waals surface area contributed by atoms with Gasteiger partial charge in [0.05, 0.1) is 11.1 Å². The summed E-state index contributed by atoms with van der Waals surface area (Å²) in [5.41, 5.74) is 2.41. The molecule has 2 amide bonds. The van der Waals surface area contributed by atoms with Crippen LogP contribution < -0.4 is 4.90 Å². The number of hydrogen-bond donors (Lipinski definition) is 0. The van der Waals surface area contributed by atoms with Crippen LogP contribution >= 0.6 is 0 Å². The van der Waals surface area contributed by atoms with Gasteiger partial charge in [0.15, 0.2) is 6.61 Å². The zero-order valence-corrected chi connectivity index (χ0v) is 19.9. The Morgan fingerprint density at radius 2 is 1.40 bits per heavy atom. The monoisotopic (exact) mass is 470 g/mol. The van der Waals surface area contributed by atoms with Crippen LogP contribution in [0.25, 0.3) is 0 Å². The lowest BCUT2D eigenvalue weighted by Crippen LogP contribution is -2.41. The number of nitrogens with zero attached hydrogens (tertiary/aromatic N) is 2. The van der Waals surface area contributed by atoms with Gasteiger partial charge in [-0.05, 0) is 55.0 Å². The minimum atomic E-state index is -0.678. The summed E-state index contributed by atoms with van der Waals surface area (Å²) in [6.07, 6.45) is 2.87. The number of piperidine rings is 1. The Morgan fingerprint density at radius 3 is 2.06 bits per heavy atom. The molecule has 0 saturated carbocycles. The maximum atomic E-state index is 13.1. The lowest BCUT2D eigenvalue weighted by molar-refractivity contribution is -0.135. The average Bonchev–Trinajstić information content (AvgIpc) is 2.92. The van der Waals surface area contributed by atoms with Gasteiger partial charge in [0.25, 0.3) is 11.8 Å². The van der Waals surface area contributed by atoms with Gasteiger partial charge in [-0.25, -0.2) is 4.79 Å². The molecule has 0 radical (unpaired) electrons. The minimum absolute atomic E-state index is 0.148. The summed E-state index contributed by atoms with van der Waals surface area (Å²) < 4.78 is 5.34. The van der Waals surface area contributed by atoms with Gasteiger partial charge in [-0.3, -0.25) is 9.59 Å². The summed E-state index contributed by atoms with van der Waals surface area (Å²) in [7, 11) is 1.66. The van der Waals surface area contributed by atoms with E-state index in [0.717, 1.165) is 19.3 Å². The molecule has 35 heavy (non-hydrogen) atoms. The molecule has 0 bridgehead atoms. The maximum Gasteiger partial charge on any atom is 0.339 e. The molecule has 1 aliphatic rings. The highest BCUT2D eigenvalue weighted by molar-refractivity contribution is 6.12. The summed E-state index contributed by atoms with van der Waals surface area (Å²) in [4.78, 5) is 41.8. The summed E-state index contributed by atoms with van der Waals surface area (Å²) in [5.74, 6) is -0.663. The van der Waals surface area contributed by atoms with E-state index in [-0.39, 0.29) is 29.5 Å². The smallest absolute Gasteiger partial charge is 0.339 e. The van der Waals surface area contributed by atoms with Gasteiger partial charge in [-0.15, -0.1) is 0 Å². The largest absolute Gasteiger partial charge is 0.452 e. The zero-order chi connectivity index (χ0) is 24.6. The number of esters is 1. The predicted octanol–water partition coefficient (Wildman–Crippen LogP) is 4.60. The molecule has 1 saturated heterocycles. The van der Waals surface area contributed by atoms with Crippen LogP contribution in [-0.2, 0) is 16.0 Å². The number of likely N-dealkylation sites (tertiary alicyclic amines) is 1. The van der Waals surface area contributed by atoms with Crippen LogP contribution in [-0.4, -0.2) is 49.4 Å². The minimum Gasteiger partial charge on any atom is -0.452 e.